The van der Waals surface area contributed by atoms with E-state index in [0.717, 1.165) is 30.7 Å². The van der Waals surface area contributed by atoms with E-state index in [1.807, 2.05) is 18.2 Å². The molecule has 0 unspecified atom stereocenters. The monoisotopic (exact) mass is 414 g/mol. The molecule has 1 N–H and O–H groups in total. The Morgan fingerprint density at radius 1 is 1.20 bits per heavy atom. The van der Waals surface area contributed by atoms with Crippen LogP contribution in [0.4, 0.5) is 4.39 Å². The molecule has 2 aliphatic rings. The first-order valence-electron chi connectivity index (χ1n) is 10.4. The fourth-order valence-corrected chi connectivity index (χ4v) is 4.16. The number of ether oxygens (including phenoxy) is 3. The molecular formula is C23H27FN2O4. The van der Waals surface area contributed by atoms with Gasteiger partial charge in [-0.15, -0.1) is 0 Å². The zero-order valence-corrected chi connectivity index (χ0v) is 17.2. The summed E-state index contributed by atoms with van der Waals surface area (Å²) >= 11 is 0. The van der Waals surface area contributed by atoms with Crippen molar-refractivity contribution in [3.8, 4) is 22.6 Å². The molecule has 6 nitrogen and oxygen atoms in total. The molecule has 0 spiro atoms. The second-order valence-electron chi connectivity index (χ2n) is 7.52. The molecule has 1 fully saturated rings. The van der Waals surface area contributed by atoms with Crippen molar-refractivity contribution in [3.63, 3.8) is 0 Å². The third-order valence-corrected chi connectivity index (χ3v) is 5.62. The van der Waals surface area contributed by atoms with E-state index in [1.165, 1.54) is 13.2 Å². The Kier molecular flexibility index (Phi) is 6.50. The van der Waals surface area contributed by atoms with Crippen LogP contribution in [0, 0.1) is 5.82 Å². The van der Waals surface area contributed by atoms with E-state index in [0.29, 0.717) is 49.8 Å². The largest absolute Gasteiger partial charge is 0.496 e. The summed E-state index contributed by atoms with van der Waals surface area (Å²) in [6.07, 6.45) is 1.79. The second-order valence-corrected chi connectivity index (χ2v) is 7.52. The fraction of sp³-hybridized carbons (Fsp3) is 0.435. The summed E-state index contributed by atoms with van der Waals surface area (Å²) < 4.78 is 31.5. The number of nitrogens with one attached hydrogen (secondary N) is 1. The van der Waals surface area contributed by atoms with E-state index >= 15 is 0 Å². The van der Waals surface area contributed by atoms with Crippen LogP contribution in [0.1, 0.15) is 18.4 Å². The number of rotatable bonds is 2. The molecule has 2 aliphatic heterocycles. The lowest BCUT2D eigenvalue weighted by molar-refractivity contribution is -0.125. The lowest BCUT2D eigenvalue weighted by Crippen LogP contribution is -2.43. The van der Waals surface area contributed by atoms with Gasteiger partial charge in [0.2, 0.25) is 5.91 Å². The molecule has 1 atom stereocenters. The number of hydrogen-bond acceptors (Lipinski definition) is 5. The summed E-state index contributed by atoms with van der Waals surface area (Å²) in [6, 6.07) is 10.3. The SMILES string of the molecule is COc1cccc(F)c1-c1ccc2c(c1)CN1CCC[C@H]1C(=O)NCCOCCO2. The van der Waals surface area contributed by atoms with E-state index in [-0.39, 0.29) is 17.8 Å². The minimum Gasteiger partial charge on any atom is -0.496 e. The van der Waals surface area contributed by atoms with Gasteiger partial charge in [-0.25, -0.2) is 4.39 Å². The number of amides is 1. The van der Waals surface area contributed by atoms with Gasteiger partial charge in [-0.1, -0.05) is 12.1 Å². The van der Waals surface area contributed by atoms with Crippen molar-refractivity contribution in [3.05, 3.63) is 47.8 Å². The van der Waals surface area contributed by atoms with Crippen molar-refractivity contribution in [2.45, 2.75) is 25.4 Å². The van der Waals surface area contributed by atoms with Crippen molar-refractivity contribution in [2.24, 2.45) is 0 Å². The van der Waals surface area contributed by atoms with E-state index in [2.05, 4.69) is 10.2 Å². The number of benzene rings is 2. The number of methoxy groups -OCH3 is 1. The van der Waals surface area contributed by atoms with Gasteiger partial charge >= 0.3 is 0 Å². The third-order valence-electron chi connectivity index (χ3n) is 5.62. The smallest absolute Gasteiger partial charge is 0.237 e. The Bertz CT molecular complexity index is 905. The molecule has 2 heterocycles. The zero-order chi connectivity index (χ0) is 20.9. The molecule has 30 heavy (non-hydrogen) atoms. The molecule has 0 aliphatic carbocycles. The van der Waals surface area contributed by atoms with Crippen LogP contribution >= 0.6 is 0 Å². The summed E-state index contributed by atoms with van der Waals surface area (Å²) in [4.78, 5) is 14.8. The molecule has 0 bridgehead atoms. The van der Waals surface area contributed by atoms with Crippen LogP contribution in [-0.4, -0.2) is 56.9 Å². The standard InChI is InChI=1S/C23H27FN2O4/c1-28-21-6-2-4-18(24)22(21)16-7-8-20-17(14-16)15-26-10-3-5-19(26)23(27)25-9-11-29-12-13-30-20/h2,4,6-8,14,19H,3,5,9-13,15H2,1H3,(H,25,27)/t19-/m0/s1. The van der Waals surface area contributed by atoms with Crippen molar-refractivity contribution in [2.75, 3.05) is 40.0 Å². The summed E-state index contributed by atoms with van der Waals surface area (Å²) in [7, 11) is 1.53. The summed E-state index contributed by atoms with van der Waals surface area (Å²) in [5.74, 6) is 0.895. The Hall–Kier alpha value is -2.64. The van der Waals surface area contributed by atoms with Crippen LogP contribution in [0.25, 0.3) is 11.1 Å². The molecule has 0 saturated carbocycles. The van der Waals surface area contributed by atoms with Crippen molar-refractivity contribution in [1.82, 2.24) is 10.2 Å². The molecular weight excluding hydrogens is 387 g/mol. The Balaban J connectivity index is 1.71. The van der Waals surface area contributed by atoms with Gasteiger partial charge < -0.3 is 19.5 Å². The van der Waals surface area contributed by atoms with E-state index in [1.54, 1.807) is 12.1 Å². The number of carbonyl (C=O) groups is 1. The van der Waals surface area contributed by atoms with E-state index < -0.39 is 0 Å². The minimum absolute atomic E-state index is 0.0322. The summed E-state index contributed by atoms with van der Waals surface area (Å²) in [6.45, 7) is 3.19. The Morgan fingerprint density at radius 2 is 2.10 bits per heavy atom. The molecule has 2 aromatic rings. The number of carbonyl (C=O) groups excluding carboxylic acids is 1. The second kappa shape index (κ2) is 9.45. The van der Waals surface area contributed by atoms with Gasteiger partial charge in [0.25, 0.3) is 0 Å². The van der Waals surface area contributed by atoms with Crippen LogP contribution in [0.15, 0.2) is 36.4 Å². The van der Waals surface area contributed by atoms with E-state index in [4.69, 9.17) is 14.2 Å². The highest BCUT2D eigenvalue weighted by atomic mass is 19.1. The van der Waals surface area contributed by atoms with Crippen molar-refractivity contribution >= 4 is 5.91 Å². The average molecular weight is 414 g/mol. The highest BCUT2D eigenvalue weighted by molar-refractivity contribution is 5.82. The average Bonchev–Trinajstić information content (AvgIpc) is 3.21. The number of halogens is 1. The summed E-state index contributed by atoms with van der Waals surface area (Å²) in [5.41, 5.74) is 2.05. The van der Waals surface area contributed by atoms with Gasteiger partial charge in [0.05, 0.1) is 31.9 Å². The van der Waals surface area contributed by atoms with E-state index in [9.17, 15) is 9.18 Å². The summed E-state index contributed by atoms with van der Waals surface area (Å²) in [5, 5.41) is 2.96. The predicted octanol–water partition coefficient (Wildman–Crippen LogP) is 2.99. The van der Waals surface area contributed by atoms with Crippen LogP contribution in [0.5, 0.6) is 11.5 Å². The molecule has 1 amide bonds. The highest BCUT2D eigenvalue weighted by Crippen LogP contribution is 2.36. The molecule has 7 heteroatoms. The topological polar surface area (TPSA) is 60.0 Å². The first kappa shape index (κ1) is 20.6. The Labute approximate surface area is 175 Å². The van der Waals surface area contributed by atoms with Crippen LogP contribution in [0.3, 0.4) is 0 Å². The lowest BCUT2D eigenvalue weighted by Gasteiger charge is -2.25. The molecule has 160 valence electrons. The van der Waals surface area contributed by atoms with Crippen molar-refractivity contribution in [1.29, 1.82) is 0 Å². The van der Waals surface area contributed by atoms with Crippen molar-refractivity contribution < 1.29 is 23.4 Å². The predicted molar refractivity (Wildman–Crippen MR) is 111 cm³/mol. The van der Waals surface area contributed by atoms with Gasteiger partial charge in [0.1, 0.15) is 23.9 Å². The van der Waals surface area contributed by atoms with Crippen LogP contribution < -0.4 is 14.8 Å². The lowest BCUT2D eigenvalue weighted by atomic mass is 10.0. The maximum Gasteiger partial charge on any atom is 0.237 e. The number of fused-ring (bicyclic) bond motifs is 2. The Morgan fingerprint density at radius 3 is 2.97 bits per heavy atom. The van der Waals surface area contributed by atoms with Gasteiger partial charge in [-0.05, 0) is 49.2 Å². The highest BCUT2D eigenvalue weighted by Gasteiger charge is 2.31. The molecule has 0 aromatic heterocycles. The quantitative estimate of drug-likeness (QED) is 0.819. The minimum atomic E-state index is -0.341. The molecule has 0 radical (unpaired) electrons. The first-order chi connectivity index (χ1) is 14.7. The van der Waals surface area contributed by atoms with Gasteiger partial charge in [0, 0.05) is 18.7 Å². The number of hydrogen-bond donors (Lipinski definition) is 1. The third kappa shape index (κ3) is 4.42. The van der Waals surface area contributed by atoms with Gasteiger partial charge in [-0.2, -0.15) is 0 Å². The molecule has 1 saturated heterocycles. The number of nitrogens with zero attached hydrogens (tertiary/aromatic N) is 1. The van der Waals surface area contributed by atoms with Gasteiger partial charge in [0.15, 0.2) is 0 Å². The molecule has 4 rings (SSSR count). The maximum absolute atomic E-state index is 14.6. The zero-order valence-electron chi connectivity index (χ0n) is 17.2. The molecule has 2 aromatic carbocycles. The first-order valence-corrected chi connectivity index (χ1v) is 10.4. The van der Waals surface area contributed by atoms with Gasteiger partial charge in [-0.3, -0.25) is 9.69 Å². The normalized spacial score (nSPS) is 20.6. The fourth-order valence-electron chi connectivity index (χ4n) is 4.16. The van der Waals surface area contributed by atoms with Crippen LogP contribution in [-0.2, 0) is 16.1 Å². The van der Waals surface area contributed by atoms with Crippen LogP contribution in [0.2, 0.25) is 0 Å². The maximum atomic E-state index is 14.6.